The Hall–Kier alpha value is -3.50. The van der Waals surface area contributed by atoms with E-state index in [1.807, 2.05) is 0 Å². The van der Waals surface area contributed by atoms with Crippen LogP contribution in [0.5, 0.6) is 11.6 Å². The number of carboxylic acid groups (broad SMARTS) is 1. The first kappa shape index (κ1) is 18.8. The monoisotopic (exact) mass is 405 g/mol. The summed E-state index contributed by atoms with van der Waals surface area (Å²) in [6.45, 7) is 0.730. The van der Waals surface area contributed by atoms with E-state index in [0.717, 1.165) is 16.8 Å². The first-order chi connectivity index (χ1) is 14.0. The number of hydrogen-bond donors (Lipinski definition) is 1. The predicted octanol–water partition coefficient (Wildman–Crippen LogP) is 2.62. The first-order valence-electron chi connectivity index (χ1n) is 8.84. The van der Waals surface area contributed by atoms with E-state index in [1.165, 1.54) is 24.5 Å². The molecule has 0 unspecified atom stereocenters. The van der Waals surface area contributed by atoms with E-state index in [9.17, 15) is 13.6 Å². The summed E-state index contributed by atoms with van der Waals surface area (Å²) < 4.78 is 40.4. The molecule has 1 aromatic carbocycles. The molecule has 3 heterocycles. The van der Waals surface area contributed by atoms with Gasteiger partial charge in [-0.05, 0) is 0 Å². The van der Waals surface area contributed by atoms with Gasteiger partial charge in [-0.3, -0.25) is 0 Å². The van der Waals surface area contributed by atoms with E-state index in [2.05, 4.69) is 15.1 Å². The number of piperidine rings is 1. The third-order valence-electron chi connectivity index (χ3n) is 4.77. The van der Waals surface area contributed by atoms with Gasteiger partial charge in [-0.25, -0.2) is 28.2 Å². The highest BCUT2D eigenvalue weighted by Gasteiger charge is 2.25. The maximum Gasteiger partial charge on any atom is 0.407 e. The van der Waals surface area contributed by atoms with Crippen LogP contribution in [0.25, 0.3) is 16.7 Å². The number of likely N-dealkylation sites (tertiary alicyclic amines) is 1. The van der Waals surface area contributed by atoms with Crippen molar-refractivity contribution in [3.8, 4) is 17.3 Å². The molecule has 0 saturated carbocycles. The average molecular weight is 405 g/mol. The van der Waals surface area contributed by atoms with Gasteiger partial charge in [-0.15, -0.1) is 0 Å². The second kappa shape index (κ2) is 7.49. The fourth-order valence-electron chi connectivity index (χ4n) is 3.25. The fourth-order valence-corrected chi connectivity index (χ4v) is 3.25. The van der Waals surface area contributed by atoms with Gasteiger partial charge in [0.15, 0.2) is 23.0 Å². The SMILES string of the molecule is COc1cc(F)c(-n2ncc3c(OC4CCN(C(=O)O)CC4)ncnc32)cc1F. The van der Waals surface area contributed by atoms with Crippen LogP contribution in [0.3, 0.4) is 0 Å². The number of nitrogens with zero attached hydrogens (tertiary/aromatic N) is 5. The van der Waals surface area contributed by atoms with E-state index in [4.69, 9.17) is 14.6 Å². The summed E-state index contributed by atoms with van der Waals surface area (Å²) in [5.74, 6) is -1.42. The number of hydrogen-bond acceptors (Lipinski definition) is 6. The summed E-state index contributed by atoms with van der Waals surface area (Å²) in [6, 6.07) is 1.91. The molecule has 3 aromatic rings. The third kappa shape index (κ3) is 3.50. The summed E-state index contributed by atoms with van der Waals surface area (Å²) in [7, 11) is 1.25. The lowest BCUT2D eigenvalue weighted by Crippen LogP contribution is -2.41. The molecule has 0 atom stereocenters. The van der Waals surface area contributed by atoms with Crippen LogP contribution < -0.4 is 9.47 Å². The molecule has 11 heteroatoms. The lowest BCUT2D eigenvalue weighted by molar-refractivity contribution is 0.0879. The molecule has 0 aliphatic carbocycles. The lowest BCUT2D eigenvalue weighted by atomic mass is 10.1. The van der Waals surface area contributed by atoms with Crippen LogP contribution in [0.4, 0.5) is 13.6 Å². The van der Waals surface area contributed by atoms with E-state index < -0.39 is 17.7 Å². The van der Waals surface area contributed by atoms with Crippen molar-refractivity contribution in [2.24, 2.45) is 0 Å². The van der Waals surface area contributed by atoms with Crippen LogP contribution in [0.15, 0.2) is 24.7 Å². The second-order valence-electron chi connectivity index (χ2n) is 6.50. The number of rotatable bonds is 4. The van der Waals surface area contributed by atoms with Gasteiger partial charge in [-0.1, -0.05) is 0 Å². The standard InChI is InChI=1S/C18H17F2N5O4/c1-28-15-7-12(19)14(6-13(15)20)25-16-11(8-23-25)17(22-9-21-16)29-10-2-4-24(5-3-10)18(26)27/h6-10H,2-5H2,1H3,(H,26,27). The molecule has 0 bridgehead atoms. The minimum atomic E-state index is -0.956. The van der Waals surface area contributed by atoms with Crippen molar-refractivity contribution in [2.45, 2.75) is 18.9 Å². The van der Waals surface area contributed by atoms with Crippen molar-refractivity contribution < 1.29 is 28.2 Å². The van der Waals surface area contributed by atoms with Crippen molar-refractivity contribution in [2.75, 3.05) is 20.2 Å². The number of halogens is 2. The number of methoxy groups -OCH3 is 1. The molecule has 1 amide bonds. The first-order valence-corrected chi connectivity index (χ1v) is 8.84. The van der Waals surface area contributed by atoms with E-state index >= 15 is 0 Å². The minimum absolute atomic E-state index is 0.127. The van der Waals surface area contributed by atoms with E-state index in [0.29, 0.717) is 31.3 Å². The van der Waals surface area contributed by atoms with Gasteiger partial charge < -0.3 is 19.5 Å². The lowest BCUT2D eigenvalue weighted by Gasteiger charge is -2.29. The molecule has 0 spiro atoms. The van der Waals surface area contributed by atoms with Gasteiger partial charge >= 0.3 is 6.09 Å². The summed E-state index contributed by atoms with van der Waals surface area (Å²) >= 11 is 0. The van der Waals surface area contributed by atoms with Gasteiger partial charge in [0.25, 0.3) is 0 Å². The number of aromatic nitrogens is 4. The van der Waals surface area contributed by atoms with Crippen molar-refractivity contribution >= 4 is 17.1 Å². The molecule has 29 heavy (non-hydrogen) atoms. The largest absolute Gasteiger partial charge is 0.494 e. The van der Waals surface area contributed by atoms with Crippen LogP contribution >= 0.6 is 0 Å². The maximum absolute atomic E-state index is 14.4. The van der Waals surface area contributed by atoms with E-state index in [1.54, 1.807) is 0 Å². The zero-order valence-corrected chi connectivity index (χ0v) is 15.4. The topological polar surface area (TPSA) is 103 Å². The van der Waals surface area contributed by atoms with Crippen LogP contribution in [0.2, 0.25) is 0 Å². The van der Waals surface area contributed by atoms with Gasteiger partial charge in [-0.2, -0.15) is 5.10 Å². The molecule has 4 rings (SSSR count). The maximum atomic E-state index is 14.4. The average Bonchev–Trinajstić information content (AvgIpc) is 3.15. The summed E-state index contributed by atoms with van der Waals surface area (Å²) in [4.78, 5) is 20.6. The molecule has 152 valence electrons. The third-order valence-corrected chi connectivity index (χ3v) is 4.77. The Labute approximate surface area is 163 Å². The van der Waals surface area contributed by atoms with Crippen LogP contribution in [-0.4, -0.2) is 62.2 Å². The Morgan fingerprint density at radius 2 is 1.97 bits per heavy atom. The smallest absolute Gasteiger partial charge is 0.407 e. The Kier molecular flexibility index (Phi) is 4.87. The highest BCUT2D eigenvalue weighted by atomic mass is 19.1. The van der Waals surface area contributed by atoms with Crippen molar-refractivity contribution in [3.63, 3.8) is 0 Å². The normalized spacial score (nSPS) is 14.9. The quantitative estimate of drug-likeness (QED) is 0.712. The molecule has 1 aliphatic heterocycles. The highest BCUT2D eigenvalue weighted by Crippen LogP contribution is 2.29. The van der Waals surface area contributed by atoms with Crippen LogP contribution in [-0.2, 0) is 0 Å². The molecular weight excluding hydrogens is 388 g/mol. The number of fused-ring (bicyclic) bond motifs is 1. The molecule has 9 nitrogen and oxygen atoms in total. The van der Waals surface area contributed by atoms with Crippen molar-refractivity contribution in [1.82, 2.24) is 24.6 Å². The molecule has 1 N–H and O–H groups in total. The predicted molar refractivity (Wildman–Crippen MR) is 96.4 cm³/mol. The fraction of sp³-hybridized carbons (Fsp3) is 0.333. The Bertz CT molecular complexity index is 1070. The number of amides is 1. The van der Waals surface area contributed by atoms with Gasteiger partial charge in [0.2, 0.25) is 5.88 Å². The summed E-state index contributed by atoms with van der Waals surface area (Å²) in [5, 5.41) is 13.6. The van der Waals surface area contributed by atoms with Gasteiger partial charge in [0.05, 0.1) is 13.3 Å². The minimum Gasteiger partial charge on any atom is -0.494 e. The zero-order chi connectivity index (χ0) is 20.5. The second-order valence-corrected chi connectivity index (χ2v) is 6.50. The van der Waals surface area contributed by atoms with Crippen molar-refractivity contribution in [3.05, 3.63) is 36.3 Å². The molecular formula is C18H17F2N5O4. The van der Waals surface area contributed by atoms with E-state index in [-0.39, 0.29) is 29.1 Å². The van der Waals surface area contributed by atoms with Gasteiger partial charge in [0, 0.05) is 38.1 Å². The summed E-state index contributed by atoms with van der Waals surface area (Å²) in [5.41, 5.74) is 0.124. The van der Waals surface area contributed by atoms with Crippen LogP contribution in [0, 0.1) is 11.6 Å². The molecule has 1 aliphatic rings. The molecule has 0 radical (unpaired) electrons. The van der Waals surface area contributed by atoms with Crippen LogP contribution in [0.1, 0.15) is 12.8 Å². The summed E-state index contributed by atoms with van der Waals surface area (Å²) in [6.07, 6.45) is 2.53. The Morgan fingerprint density at radius 1 is 1.21 bits per heavy atom. The van der Waals surface area contributed by atoms with Gasteiger partial charge in [0.1, 0.15) is 23.5 Å². The number of carbonyl (C=O) groups is 1. The molecule has 1 saturated heterocycles. The molecule has 1 fully saturated rings. The number of ether oxygens (including phenoxy) is 2. The zero-order valence-electron chi connectivity index (χ0n) is 15.4. The number of benzene rings is 1. The molecule has 2 aromatic heterocycles. The van der Waals surface area contributed by atoms with Crippen molar-refractivity contribution in [1.29, 1.82) is 0 Å². The Morgan fingerprint density at radius 3 is 2.66 bits per heavy atom. The Balaban J connectivity index is 1.63. The highest BCUT2D eigenvalue weighted by molar-refractivity contribution is 5.81.